The van der Waals surface area contributed by atoms with Crippen LogP contribution in [0.2, 0.25) is 0 Å². The van der Waals surface area contributed by atoms with Crippen LogP contribution in [0.15, 0.2) is 54.9 Å². The van der Waals surface area contributed by atoms with Crippen molar-refractivity contribution in [2.24, 2.45) is 0 Å². The first-order chi connectivity index (χ1) is 13.2. The number of anilines is 1. The van der Waals surface area contributed by atoms with Gasteiger partial charge in [-0.3, -0.25) is 9.78 Å². The first-order valence-electron chi connectivity index (χ1n) is 9.15. The quantitative estimate of drug-likeness (QED) is 0.698. The Labute approximate surface area is 157 Å². The van der Waals surface area contributed by atoms with Crippen LogP contribution in [0, 0.1) is 11.3 Å². The summed E-state index contributed by atoms with van der Waals surface area (Å²) in [7, 11) is 0. The van der Waals surface area contributed by atoms with E-state index in [2.05, 4.69) is 29.3 Å². The van der Waals surface area contributed by atoms with Crippen molar-refractivity contribution < 1.29 is 4.79 Å². The van der Waals surface area contributed by atoms with E-state index in [1.54, 1.807) is 6.07 Å². The van der Waals surface area contributed by atoms with Crippen LogP contribution in [0.5, 0.6) is 0 Å². The fourth-order valence-electron chi connectivity index (χ4n) is 4.15. The molecule has 0 saturated carbocycles. The first-order valence-corrected chi connectivity index (χ1v) is 9.15. The highest BCUT2D eigenvalue weighted by molar-refractivity contribution is 5.99. The van der Waals surface area contributed by atoms with E-state index in [0.29, 0.717) is 12.0 Å². The van der Waals surface area contributed by atoms with Gasteiger partial charge in [0.15, 0.2) is 0 Å². The lowest BCUT2D eigenvalue weighted by Gasteiger charge is -2.25. The van der Waals surface area contributed by atoms with Crippen LogP contribution in [-0.4, -0.2) is 17.4 Å². The number of aromatic nitrogens is 1. The molecule has 2 aromatic carbocycles. The van der Waals surface area contributed by atoms with Crippen molar-refractivity contribution in [1.82, 2.24) is 4.98 Å². The molecular weight excluding hydrogens is 334 g/mol. The van der Waals surface area contributed by atoms with E-state index in [-0.39, 0.29) is 5.91 Å². The molecule has 0 N–H and O–H groups in total. The summed E-state index contributed by atoms with van der Waals surface area (Å²) in [5, 5.41) is 9.14. The first kappa shape index (κ1) is 15.8. The molecule has 1 amide bonds. The SMILES string of the molecule is N#Cc1cccc(-c2cncc(-c3cc4c5c(c3)CCN5C(=O)CC4)c2)c1. The minimum Gasteiger partial charge on any atom is -0.312 e. The fraction of sp³-hybridized carbons (Fsp3) is 0.174. The monoisotopic (exact) mass is 351 g/mol. The molecule has 0 spiro atoms. The maximum absolute atomic E-state index is 12.1. The Kier molecular flexibility index (Phi) is 3.54. The Hall–Kier alpha value is -3.45. The molecule has 2 aliphatic heterocycles. The second-order valence-electron chi connectivity index (χ2n) is 7.09. The minimum atomic E-state index is 0.245. The number of carbonyl (C=O) groups is 1. The number of pyridine rings is 1. The van der Waals surface area contributed by atoms with Gasteiger partial charge in [-0.05, 0) is 65.4 Å². The summed E-state index contributed by atoms with van der Waals surface area (Å²) in [6.45, 7) is 0.795. The topological polar surface area (TPSA) is 57.0 Å². The van der Waals surface area contributed by atoms with Gasteiger partial charge in [-0.1, -0.05) is 12.1 Å². The highest BCUT2D eigenvalue weighted by atomic mass is 16.2. The van der Waals surface area contributed by atoms with Crippen LogP contribution >= 0.6 is 0 Å². The van der Waals surface area contributed by atoms with Crippen molar-refractivity contribution in [3.63, 3.8) is 0 Å². The molecule has 27 heavy (non-hydrogen) atoms. The van der Waals surface area contributed by atoms with Crippen LogP contribution in [0.25, 0.3) is 22.3 Å². The number of hydrogen-bond donors (Lipinski definition) is 0. The largest absolute Gasteiger partial charge is 0.312 e. The van der Waals surface area contributed by atoms with Gasteiger partial charge in [0.1, 0.15) is 0 Å². The summed E-state index contributed by atoms with van der Waals surface area (Å²) in [4.78, 5) is 18.5. The molecule has 5 rings (SSSR count). The maximum Gasteiger partial charge on any atom is 0.227 e. The van der Waals surface area contributed by atoms with Gasteiger partial charge in [0.2, 0.25) is 5.91 Å². The number of amides is 1. The highest BCUT2D eigenvalue weighted by Gasteiger charge is 2.31. The van der Waals surface area contributed by atoms with Crippen molar-refractivity contribution in [1.29, 1.82) is 5.26 Å². The third-order valence-electron chi connectivity index (χ3n) is 5.45. The van der Waals surface area contributed by atoms with Gasteiger partial charge in [0.25, 0.3) is 0 Å². The Balaban J connectivity index is 1.59. The molecule has 0 unspecified atom stereocenters. The van der Waals surface area contributed by atoms with Gasteiger partial charge in [0, 0.05) is 36.5 Å². The minimum absolute atomic E-state index is 0.245. The molecule has 4 heteroatoms. The molecule has 0 fully saturated rings. The van der Waals surface area contributed by atoms with Crippen LogP contribution in [0.4, 0.5) is 5.69 Å². The number of carbonyl (C=O) groups excluding carboxylic acids is 1. The van der Waals surface area contributed by atoms with Gasteiger partial charge in [0.05, 0.1) is 17.3 Å². The van der Waals surface area contributed by atoms with Crippen molar-refractivity contribution in [3.05, 3.63) is 71.5 Å². The number of benzene rings is 2. The van der Waals surface area contributed by atoms with Crippen LogP contribution in [0.1, 0.15) is 23.1 Å². The van der Waals surface area contributed by atoms with Crippen LogP contribution in [0.3, 0.4) is 0 Å². The number of hydrogen-bond acceptors (Lipinski definition) is 3. The number of aryl methyl sites for hydroxylation is 1. The fourth-order valence-corrected chi connectivity index (χ4v) is 4.15. The molecule has 0 bridgehead atoms. The standard InChI is InChI=1S/C23H17N3O/c24-12-15-2-1-3-16(8-15)20-11-21(14-25-13-20)19-9-17-4-5-22(27)26-7-6-18(10-19)23(17)26/h1-3,8-11,13-14H,4-7H2. The number of rotatable bonds is 2. The Morgan fingerprint density at radius 2 is 1.67 bits per heavy atom. The van der Waals surface area contributed by atoms with E-state index in [0.717, 1.165) is 47.3 Å². The second-order valence-corrected chi connectivity index (χ2v) is 7.09. The Bertz CT molecular complexity index is 1130. The normalized spacial score (nSPS) is 14.8. The molecule has 1 aromatic heterocycles. The molecule has 4 nitrogen and oxygen atoms in total. The van der Waals surface area contributed by atoms with Crippen molar-refractivity contribution in [2.45, 2.75) is 19.3 Å². The third kappa shape index (κ3) is 2.60. The zero-order valence-electron chi connectivity index (χ0n) is 14.8. The van der Waals surface area contributed by atoms with E-state index >= 15 is 0 Å². The third-order valence-corrected chi connectivity index (χ3v) is 5.45. The second kappa shape index (κ2) is 6.07. The summed E-state index contributed by atoms with van der Waals surface area (Å²) in [5.41, 5.74) is 8.49. The van der Waals surface area contributed by atoms with E-state index in [1.807, 2.05) is 35.5 Å². The van der Waals surface area contributed by atoms with E-state index in [9.17, 15) is 4.79 Å². The lowest BCUT2D eigenvalue weighted by molar-refractivity contribution is -0.118. The molecule has 130 valence electrons. The summed E-state index contributed by atoms with van der Waals surface area (Å²) in [6.07, 6.45) is 6.03. The van der Waals surface area contributed by atoms with E-state index in [4.69, 9.17) is 5.26 Å². The van der Waals surface area contributed by atoms with Crippen molar-refractivity contribution in [2.75, 3.05) is 11.4 Å². The van der Waals surface area contributed by atoms with Gasteiger partial charge in [-0.15, -0.1) is 0 Å². The lowest BCUT2D eigenvalue weighted by Crippen LogP contribution is -2.32. The van der Waals surface area contributed by atoms with Crippen molar-refractivity contribution in [3.8, 4) is 28.3 Å². The molecular formula is C23H17N3O. The van der Waals surface area contributed by atoms with Gasteiger partial charge in [-0.2, -0.15) is 5.26 Å². The van der Waals surface area contributed by atoms with Crippen LogP contribution < -0.4 is 4.90 Å². The molecule has 0 radical (unpaired) electrons. The zero-order valence-corrected chi connectivity index (χ0v) is 14.8. The van der Waals surface area contributed by atoms with E-state index < -0.39 is 0 Å². The summed E-state index contributed by atoms with van der Waals surface area (Å²) in [5.74, 6) is 0.245. The van der Waals surface area contributed by atoms with Gasteiger partial charge < -0.3 is 4.90 Å². The summed E-state index contributed by atoms with van der Waals surface area (Å²) < 4.78 is 0. The molecule has 3 aromatic rings. The number of nitrogens with zero attached hydrogens (tertiary/aromatic N) is 3. The molecule has 0 aliphatic carbocycles. The van der Waals surface area contributed by atoms with E-state index in [1.165, 1.54) is 11.1 Å². The maximum atomic E-state index is 12.1. The average molecular weight is 351 g/mol. The molecule has 3 heterocycles. The number of nitriles is 1. The van der Waals surface area contributed by atoms with Crippen LogP contribution in [-0.2, 0) is 17.6 Å². The lowest BCUT2D eigenvalue weighted by atomic mass is 9.93. The smallest absolute Gasteiger partial charge is 0.227 e. The zero-order chi connectivity index (χ0) is 18.4. The highest BCUT2D eigenvalue weighted by Crippen LogP contribution is 2.40. The molecule has 0 saturated heterocycles. The Morgan fingerprint density at radius 1 is 0.889 bits per heavy atom. The average Bonchev–Trinajstić information content (AvgIpc) is 3.16. The molecule has 2 aliphatic rings. The predicted octanol–water partition coefficient (Wildman–Crippen LogP) is 4.12. The van der Waals surface area contributed by atoms with Gasteiger partial charge in [-0.25, -0.2) is 0 Å². The van der Waals surface area contributed by atoms with Crippen molar-refractivity contribution >= 4 is 11.6 Å². The van der Waals surface area contributed by atoms with Gasteiger partial charge >= 0.3 is 0 Å². The molecule has 0 atom stereocenters. The Morgan fingerprint density at radius 3 is 2.48 bits per heavy atom. The summed E-state index contributed by atoms with van der Waals surface area (Å²) in [6, 6.07) is 16.3. The summed E-state index contributed by atoms with van der Waals surface area (Å²) >= 11 is 0. The predicted molar refractivity (Wildman–Crippen MR) is 104 cm³/mol.